The van der Waals surface area contributed by atoms with Gasteiger partial charge in [0.1, 0.15) is 0 Å². The number of aromatic amines is 2. The lowest BCUT2D eigenvalue weighted by Gasteiger charge is -2.32. The zero-order valence-corrected chi connectivity index (χ0v) is 11.4. The Bertz CT molecular complexity index is 502. The van der Waals surface area contributed by atoms with Gasteiger partial charge in [0.25, 0.3) is 0 Å². The van der Waals surface area contributed by atoms with Crippen LogP contribution >= 0.6 is 0 Å². The van der Waals surface area contributed by atoms with E-state index in [1.54, 1.807) is 6.33 Å². The average molecular weight is 259 g/mol. The number of nitrogens with zero attached hydrogens (tertiary/aromatic N) is 3. The number of hydrogen-bond donors (Lipinski definition) is 2. The van der Waals surface area contributed by atoms with Crippen LogP contribution < -0.4 is 0 Å². The molecule has 0 aromatic carbocycles. The number of aryl methyl sites for hydroxylation is 1. The molecule has 5 heteroatoms. The zero-order valence-electron chi connectivity index (χ0n) is 11.4. The molecular weight excluding hydrogens is 238 g/mol. The number of H-pyrrole nitrogens is 2. The lowest BCUT2D eigenvalue weighted by Crippen LogP contribution is -2.35. The Labute approximate surface area is 113 Å². The highest BCUT2D eigenvalue weighted by Crippen LogP contribution is 2.22. The average Bonchev–Trinajstić information content (AvgIpc) is 3.03. The lowest BCUT2D eigenvalue weighted by atomic mass is 9.92. The molecule has 3 rings (SSSR count). The third kappa shape index (κ3) is 3.04. The molecule has 2 N–H and O–H groups in total. The molecule has 102 valence electrons. The molecule has 1 saturated heterocycles. The molecule has 1 unspecified atom stereocenters. The first-order valence-electron chi connectivity index (χ1n) is 6.99. The van der Waals surface area contributed by atoms with Crippen molar-refractivity contribution < 1.29 is 0 Å². The largest absolute Gasteiger partial charge is 0.347 e. The minimum absolute atomic E-state index is 0.732. The summed E-state index contributed by atoms with van der Waals surface area (Å²) in [4.78, 5) is 9.79. The van der Waals surface area contributed by atoms with E-state index in [1.807, 2.05) is 12.4 Å². The standard InChI is InChI=1S/C14H21N5/c1-11-6-17-18-14(11)5-12-3-2-4-19(8-12)9-13-7-15-10-16-13/h6-7,10,12H,2-5,8-9H2,1H3,(H,15,16)(H,17,18). The third-order valence-electron chi connectivity index (χ3n) is 3.98. The van der Waals surface area contributed by atoms with Crippen LogP contribution in [0.4, 0.5) is 0 Å². The molecule has 1 fully saturated rings. The lowest BCUT2D eigenvalue weighted by molar-refractivity contribution is 0.165. The van der Waals surface area contributed by atoms with Crippen molar-refractivity contribution in [3.63, 3.8) is 0 Å². The van der Waals surface area contributed by atoms with Crippen molar-refractivity contribution in [1.82, 2.24) is 25.1 Å². The Balaban J connectivity index is 1.57. The highest BCUT2D eigenvalue weighted by atomic mass is 15.1. The van der Waals surface area contributed by atoms with Crippen LogP contribution in [0.25, 0.3) is 0 Å². The van der Waals surface area contributed by atoms with Crippen LogP contribution in [0.3, 0.4) is 0 Å². The van der Waals surface area contributed by atoms with Crippen molar-refractivity contribution in [2.45, 2.75) is 32.7 Å². The predicted molar refractivity (Wildman–Crippen MR) is 73.6 cm³/mol. The van der Waals surface area contributed by atoms with Gasteiger partial charge in [-0.1, -0.05) is 0 Å². The molecule has 0 aliphatic carbocycles. The van der Waals surface area contributed by atoms with Gasteiger partial charge in [0.2, 0.25) is 0 Å². The molecule has 5 nitrogen and oxygen atoms in total. The smallest absolute Gasteiger partial charge is 0.0922 e. The maximum Gasteiger partial charge on any atom is 0.0922 e. The summed E-state index contributed by atoms with van der Waals surface area (Å²) in [6.45, 7) is 5.47. The fourth-order valence-corrected chi connectivity index (χ4v) is 2.94. The number of rotatable bonds is 4. The van der Waals surface area contributed by atoms with Gasteiger partial charge in [-0.25, -0.2) is 4.98 Å². The van der Waals surface area contributed by atoms with E-state index < -0.39 is 0 Å². The summed E-state index contributed by atoms with van der Waals surface area (Å²) in [6, 6.07) is 0. The van der Waals surface area contributed by atoms with Crippen molar-refractivity contribution in [1.29, 1.82) is 0 Å². The molecule has 0 saturated carbocycles. The van der Waals surface area contributed by atoms with Gasteiger partial charge in [0, 0.05) is 30.7 Å². The molecule has 3 heterocycles. The molecule has 0 amide bonds. The Morgan fingerprint density at radius 2 is 2.37 bits per heavy atom. The van der Waals surface area contributed by atoms with Crippen LogP contribution in [0.5, 0.6) is 0 Å². The number of aromatic nitrogens is 4. The van der Waals surface area contributed by atoms with Gasteiger partial charge in [-0.15, -0.1) is 0 Å². The molecule has 1 atom stereocenters. The third-order valence-corrected chi connectivity index (χ3v) is 3.98. The van der Waals surface area contributed by atoms with Gasteiger partial charge >= 0.3 is 0 Å². The molecule has 19 heavy (non-hydrogen) atoms. The SMILES string of the molecule is Cc1cn[nH]c1CC1CCCN(Cc2cnc[nH]2)C1. The van der Waals surface area contributed by atoms with E-state index in [1.165, 1.54) is 36.3 Å². The van der Waals surface area contributed by atoms with Crippen LogP contribution in [0.1, 0.15) is 29.8 Å². The summed E-state index contributed by atoms with van der Waals surface area (Å²) in [6.07, 6.45) is 9.31. The minimum atomic E-state index is 0.732. The molecule has 2 aromatic rings. The van der Waals surface area contributed by atoms with Crippen molar-refractivity contribution >= 4 is 0 Å². The highest BCUT2D eigenvalue weighted by molar-refractivity contribution is 5.14. The summed E-state index contributed by atoms with van der Waals surface area (Å²) >= 11 is 0. The molecular formula is C14H21N5. The van der Waals surface area contributed by atoms with E-state index in [2.05, 4.69) is 32.0 Å². The van der Waals surface area contributed by atoms with Crippen molar-refractivity contribution in [3.05, 3.63) is 35.7 Å². The quantitative estimate of drug-likeness (QED) is 0.881. The second kappa shape index (κ2) is 5.57. The van der Waals surface area contributed by atoms with E-state index in [0.29, 0.717) is 0 Å². The van der Waals surface area contributed by atoms with Crippen LogP contribution in [0.15, 0.2) is 18.7 Å². The van der Waals surface area contributed by atoms with Gasteiger partial charge in [0.15, 0.2) is 0 Å². The normalized spacial score (nSPS) is 20.8. The maximum absolute atomic E-state index is 4.12. The number of imidazole rings is 1. The predicted octanol–water partition coefficient (Wildman–Crippen LogP) is 1.90. The number of nitrogens with one attached hydrogen (secondary N) is 2. The van der Waals surface area contributed by atoms with E-state index in [-0.39, 0.29) is 0 Å². The Morgan fingerprint density at radius 3 is 3.11 bits per heavy atom. The molecule has 1 aliphatic heterocycles. The number of likely N-dealkylation sites (tertiary alicyclic amines) is 1. The summed E-state index contributed by atoms with van der Waals surface area (Å²) < 4.78 is 0. The van der Waals surface area contributed by atoms with E-state index in [4.69, 9.17) is 0 Å². The molecule has 0 bridgehead atoms. The first-order valence-corrected chi connectivity index (χ1v) is 6.99. The molecule has 0 spiro atoms. The molecule has 1 aliphatic rings. The first-order chi connectivity index (χ1) is 9.31. The Kier molecular flexibility index (Phi) is 3.64. The van der Waals surface area contributed by atoms with Crippen LogP contribution in [-0.4, -0.2) is 38.2 Å². The maximum atomic E-state index is 4.12. The molecule has 0 radical (unpaired) electrons. The monoisotopic (exact) mass is 259 g/mol. The summed E-state index contributed by atoms with van der Waals surface area (Å²) in [5.74, 6) is 0.732. The second-order valence-electron chi connectivity index (χ2n) is 5.56. The van der Waals surface area contributed by atoms with Gasteiger partial charge in [-0.05, 0) is 44.2 Å². The summed E-state index contributed by atoms with van der Waals surface area (Å²) in [5, 5.41) is 7.24. The van der Waals surface area contributed by atoms with Crippen LogP contribution in [0, 0.1) is 12.8 Å². The first kappa shape index (κ1) is 12.4. The van der Waals surface area contributed by atoms with Gasteiger partial charge in [-0.3, -0.25) is 10.00 Å². The number of hydrogen-bond acceptors (Lipinski definition) is 3. The Hall–Kier alpha value is -1.62. The Morgan fingerprint density at radius 1 is 1.42 bits per heavy atom. The topological polar surface area (TPSA) is 60.6 Å². The summed E-state index contributed by atoms with van der Waals surface area (Å²) in [5.41, 5.74) is 3.79. The van der Waals surface area contributed by atoms with Crippen molar-refractivity contribution in [3.8, 4) is 0 Å². The van der Waals surface area contributed by atoms with Crippen LogP contribution in [0.2, 0.25) is 0 Å². The minimum Gasteiger partial charge on any atom is -0.347 e. The van der Waals surface area contributed by atoms with Gasteiger partial charge in [-0.2, -0.15) is 5.10 Å². The van der Waals surface area contributed by atoms with E-state index in [9.17, 15) is 0 Å². The van der Waals surface area contributed by atoms with Crippen molar-refractivity contribution in [2.75, 3.05) is 13.1 Å². The fourth-order valence-electron chi connectivity index (χ4n) is 2.94. The summed E-state index contributed by atoms with van der Waals surface area (Å²) in [7, 11) is 0. The van der Waals surface area contributed by atoms with Crippen LogP contribution in [-0.2, 0) is 13.0 Å². The molecule has 2 aromatic heterocycles. The van der Waals surface area contributed by atoms with E-state index in [0.717, 1.165) is 25.4 Å². The van der Waals surface area contributed by atoms with E-state index >= 15 is 0 Å². The fraction of sp³-hybridized carbons (Fsp3) is 0.571. The van der Waals surface area contributed by atoms with Gasteiger partial charge in [0.05, 0.1) is 12.5 Å². The second-order valence-corrected chi connectivity index (χ2v) is 5.56. The van der Waals surface area contributed by atoms with Gasteiger partial charge < -0.3 is 4.98 Å². The van der Waals surface area contributed by atoms with Crippen molar-refractivity contribution in [2.24, 2.45) is 5.92 Å². The zero-order chi connectivity index (χ0) is 13.1. The number of piperidine rings is 1. The highest BCUT2D eigenvalue weighted by Gasteiger charge is 2.21.